The zero-order valence-corrected chi connectivity index (χ0v) is 11.6. The molecule has 6 heteroatoms. The fourth-order valence-corrected chi connectivity index (χ4v) is 2.54. The molecular weight excluding hydrogens is 257 g/mol. The number of methoxy groups -OCH3 is 1. The molecule has 0 radical (unpaired) electrons. The van der Waals surface area contributed by atoms with Crippen molar-refractivity contribution in [2.45, 2.75) is 24.2 Å². The molecule has 1 aromatic carbocycles. The highest BCUT2D eigenvalue weighted by molar-refractivity contribution is 7.90. The van der Waals surface area contributed by atoms with Crippen LogP contribution in [0.1, 0.15) is 24.8 Å². The van der Waals surface area contributed by atoms with Crippen LogP contribution < -0.4 is 10.5 Å². The van der Waals surface area contributed by atoms with Gasteiger partial charge in [-0.05, 0) is 30.5 Å². The summed E-state index contributed by atoms with van der Waals surface area (Å²) in [7, 11) is -2.17. The molecule has 0 bridgehead atoms. The molecule has 0 saturated carbocycles. The highest BCUT2D eigenvalue weighted by atomic mass is 32.2. The Labute approximate surface area is 107 Å². The van der Waals surface area contributed by atoms with E-state index in [0.717, 1.165) is 6.26 Å². The molecule has 0 aromatic heterocycles. The Hall–Kier alpha value is -1.14. The van der Waals surface area contributed by atoms with Gasteiger partial charge in [-0.25, -0.2) is 12.8 Å². The van der Waals surface area contributed by atoms with E-state index >= 15 is 0 Å². The average Bonchev–Trinajstić information content (AvgIpc) is 2.27. The third kappa shape index (κ3) is 3.20. The predicted molar refractivity (Wildman–Crippen MR) is 68.1 cm³/mol. The second-order valence-electron chi connectivity index (χ2n) is 4.28. The third-order valence-electron chi connectivity index (χ3n) is 2.81. The Morgan fingerprint density at radius 1 is 1.44 bits per heavy atom. The molecule has 1 rings (SSSR count). The van der Waals surface area contributed by atoms with Gasteiger partial charge in [0.05, 0.1) is 7.11 Å². The number of hydrogen-bond donors (Lipinski definition) is 1. The van der Waals surface area contributed by atoms with Gasteiger partial charge in [0.2, 0.25) is 0 Å². The lowest BCUT2D eigenvalue weighted by Gasteiger charge is -2.16. The zero-order valence-electron chi connectivity index (χ0n) is 10.7. The van der Waals surface area contributed by atoms with Gasteiger partial charge >= 0.3 is 0 Å². The molecular formula is C12H18FNO3S. The van der Waals surface area contributed by atoms with E-state index in [1.54, 1.807) is 0 Å². The summed E-state index contributed by atoms with van der Waals surface area (Å²) in [6.07, 6.45) is 1.64. The van der Waals surface area contributed by atoms with Gasteiger partial charge < -0.3 is 10.5 Å². The van der Waals surface area contributed by atoms with Crippen molar-refractivity contribution >= 4 is 9.84 Å². The van der Waals surface area contributed by atoms with Crippen LogP contribution in [0.3, 0.4) is 0 Å². The van der Waals surface area contributed by atoms with E-state index in [1.165, 1.54) is 19.2 Å². The Kier molecular flexibility index (Phi) is 4.70. The molecule has 0 aliphatic heterocycles. The number of sulfone groups is 1. The molecule has 0 saturated heterocycles. The van der Waals surface area contributed by atoms with Gasteiger partial charge in [-0.2, -0.15) is 0 Å². The van der Waals surface area contributed by atoms with Crippen molar-refractivity contribution in [2.75, 3.05) is 19.9 Å². The van der Waals surface area contributed by atoms with E-state index in [0.29, 0.717) is 24.3 Å². The summed E-state index contributed by atoms with van der Waals surface area (Å²) in [5.41, 5.74) is 6.10. The number of hydrogen-bond acceptors (Lipinski definition) is 4. The zero-order chi connectivity index (χ0) is 13.9. The molecule has 1 aromatic rings. The van der Waals surface area contributed by atoms with Crippen molar-refractivity contribution in [2.24, 2.45) is 5.73 Å². The van der Waals surface area contributed by atoms with Gasteiger partial charge in [-0.3, -0.25) is 0 Å². The maximum atomic E-state index is 13.8. The van der Waals surface area contributed by atoms with E-state index < -0.39 is 15.7 Å². The van der Waals surface area contributed by atoms with E-state index in [-0.39, 0.29) is 10.8 Å². The van der Waals surface area contributed by atoms with Gasteiger partial charge in [0.1, 0.15) is 16.5 Å². The van der Waals surface area contributed by atoms with Gasteiger partial charge in [0.15, 0.2) is 9.84 Å². The highest BCUT2D eigenvalue weighted by Crippen LogP contribution is 2.32. The normalized spacial score (nSPS) is 13.4. The van der Waals surface area contributed by atoms with Crippen molar-refractivity contribution < 1.29 is 17.5 Å². The summed E-state index contributed by atoms with van der Waals surface area (Å²) in [5.74, 6) is -0.372. The molecule has 18 heavy (non-hydrogen) atoms. The lowest BCUT2D eigenvalue weighted by Crippen LogP contribution is -2.08. The fourth-order valence-electron chi connectivity index (χ4n) is 1.80. The molecule has 0 aliphatic rings. The molecule has 0 aliphatic carbocycles. The molecule has 1 unspecified atom stereocenters. The van der Waals surface area contributed by atoms with Crippen LogP contribution in [-0.4, -0.2) is 28.3 Å². The van der Waals surface area contributed by atoms with Gasteiger partial charge in [0.25, 0.3) is 0 Å². The van der Waals surface area contributed by atoms with Crippen LogP contribution in [0, 0.1) is 5.82 Å². The second-order valence-corrected chi connectivity index (χ2v) is 6.26. The van der Waals surface area contributed by atoms with Crippen molar-refractivity contribution in [1.29, 1.82) is 0 Å². The molecule has 0 spiro atoms. The summed E-state index contributed by atoms with van der Waals surface area (Å²) in [6.45, 7) is 2.37. The van der Waals surface area contributed by atoms with E-state index in [9.17, 15) is 12.8 Å². The number of nitrogens with two attached hydrogens (primary N) is 1. The monoisotopic (exact) mass is 275 g/mol. The van der Waals surface area contributed by atoms with Gasteiger partial charge in [0, 0.05) is 12.3 Å². The molecule has 102 valence electrons. The van der Waals surface area contributed by atoms with Crippen LogP contribution in [0.5, 0.6) is 5.75 Å². The maximum Gasteiger partial charge on any atom is 0.178 e. The van der Waals surface area contributed by atoms with E-state index in [2.05, 4.69) is 0 Å². The van der Waals surface area contributed by atoms with Crippen LogP contribution in [-0.2, 0) is 9.84 Å². The average molecular weight is 275 g/mol. The summed E-state index contributed by atoms with van der Waals surface area (Å²) in [4.78, 5) is -0.344. The first-order chi connectivity index (χ1) is 8.31. The topological polar surface area (TPSA) is 69.4 Å². The molecule has 1 atom stereocenters. The van der Waals surface area contributed by atoms with Crippen LogP contribution in [0.25, 0.3) is 0 Å². The summed E-state index contributed by atoms with van der Waals surface area (Å²) in [5, 5.41) is 0. The first kappa shape index (κ1) is 14.9. The van der Waals surface area contributed by atoms with Crippen molar-refractivity contribution in [3.63, 3.8) is 0 Å². The van der Waals surface area contributed by atoms with Crippen molar-refractivity contribution in [1.82, 2.24) is 0 Å². The SMILES string of the molecule is COc1cc(S(C)(=O)=O)c(F)cc1C(C)CCN. The van der Waals surface area contributed by atoms with Crippen LogP contribution >= 0.6 is 0 Å². The quantitative estimate of drug-likeness (QED) is 0.887. The van der Waals surface area contributed by atoms with Crippen molar-refractivity contribution in [3.05, 3.63) is 23.5 Å². The Bertz CT molecular complexity index is 528. The Morgan fingerprint density at radius 3 is 2.50 bits per heavy atom. The van der Waals surface area contributed by atoms with Crippen molar-refractivity contribution in [3.8, 4) is 5.75 Å². The lowest BCUT2D eigenvalue weighted by atomic mass is 9.97. The van der Waals surface area contributed by atoms with E-state index in [1.807, 2.05) is 6.92 Å². The molecule has 0 fully saturated rings. The minimum atomic E-state index is -3.60. The van der Waals surface area contributed by atoms with Gasteiger partial charge in [-0.1, -0.05) is 6.92 Å². The lowest BCUT2D eigenvalue weighted by molar-refractivity contribution is 0.401. The number of ether oxygens (including phenoxy) is 1. The van der Waals surface area contributed by atoms with E-state index in [4.69, 9.17) is 10.5 Å². The maximum absolute atomic E-state index is 13.8. The summed E-state index contributed by atoms with van der Waals surface area (Å²) < 4.78 is 41.8. The number of benzene rings is 1. The van der Waals surface area contributed by atoms with Crippen LogP contribution in [0.15, 0.2) is 17.0 Å². The predicted octanol–water partition coefficient (Wildman–Crippen LogP) is 1.69. The largest absolute Gasteiger partial charge is 0.496 e. The first-order valence-corrected chi connectivity index (χ1v) is 7.48. The number of halogens is 1. The standard InChI is InChI=1S/C12H18FNO3S/c1-8(4-5-14)9-6-10(13)12(18(3,15)16)7-11(9)17-2/h6-8H,4-5,14H2,1-3H3. The first-order valence-electron chi connectivity index (χ1n) is 5.58. The highest BCUT2D eigenvalue weighted by Gasteiger charge is 2.20. The molecule has 0 amide bonds. The third-order valence-corrected chi connectivity index (χ3v) is 3.93. The number of rotatable bonds is 5. The van der Waals surface area contributed by atoms with Crippen LogP contribution in [0.2, 0.25) is 0 Å². The van der Waals surface area contributed by atoms with Crippen LogP contribution in [0.4, 0.5) is 4.39 Å². The smallest absolute Gasteiger partial charge is 0.178 e. The summed E-state index contributed by atoms with van der Waals surface area (Å²) in [6, 6.07) is 2.45. The van der Waals surface area contributed by atoms with Gasteiger partial charge in [-0.15, -0.1) is 0 Å². The minimum Gasteiger partial charge on any atom is -0.496 e. The molecule has 2 N–H and O–H groups in total. The summed E-state index contributed by atoms with van der Waals surface area (Å²) >= 11 is 0. The minimum absolute atomic E-state index is 0.00746. The fraction of sp³-hybridized carbons (Fsp3) is 0.500. The molecule has 0 heterocycles. The second kappa shape index (κ2) is 5.67. The molecule has 4 nitrogen and oxygen atoms in total. The Morgan fingerprint density at radius 2 is 2.06 bits per heavy atom. The Balaban J connectivity index is 3.36.